The highest BCUT2D eigenvalue weighted by Crippen LogP contribution is 2.20. The Kier molecular flexibility index (Phi) is 6.58. The van der Waals surface area contributed by atoms with Gasteiger partial charge in [0.05, 0.1) is 6.61 Å². The zero-order valence-electron chi connectivity index (χ0n) is 15.9. The van der Waals surface area contributed by atoms with Crippen LogP contribution in [0.25, 0.3) is 11.1 Å². The van der Waals surface area contributed by atoms with Crippen LogP contribution >= 0.6 is 0 Å². The fourth-order valence-electron chi connectivity index (χ4n) is 2.88. The minimum absolute atomic E-state index is 0.0403. The van der Waals surface area contributed by atoms with Crippen LogP contribution < -0.4 is 10.1 Å². The predicted molar refractivity (Wildman–Crippen MR) is 112 cm³/mol. The van der Waals surface area contributed by atoms with Gasteiger partial charge >= 0.3 is 0 Å². The Balaban J connectivity index is 1.51. The lowest BCUT2D eigenvalue weighted by Gasteiger charge is -2.07. The van der Waals surface area contributed by atoms with Gasteiger partial charge in [-0.3, -0.25) is 9.59 Å². The SMILES string of the molecule is CCOc1ccc(NC(=O)CCC(=O)c2ccc(-c3ccccc3)cc2)cc1. The molecule has 3 rings (SSSR count). The summed E-state index contributed by atoms with van der Waals surface area (Å²) >= 11 is 0. The topological polar surface area (TPSA) is 55.4 Å². The molecule has 0 radical (unpaired) electrons. The molecular formula is C24H23NO3. The van der Waals surface area contributed by atoms with Gasteiger partial charge < -0.3 is 10.1 Å². The largest absolute Gasteiger partial charge is 0.494 e. The first-order valence-electron chi connectivity index (χ1n) is 9.37. The minimum atomic E-state index is -0.182. The van der Waals surface area contributed by atoms with Gasteiger partial charge in [-0.25, -0.2) is 0 Å². The molecule has 0 aliphatic heterocycles. The first kappa shape index (κ1) is 19.4. The van der Waals surface area contributed by atoms with Gasteiger partial charge in [0.1, 0.15) is 5.75 Å². The van der Waals surface area contributed by atoms with Crippen molar-refractivity contribution in [1.29, 1.82) is 0 Å². The third kappa shape index (κ3) is 5.30. The van der Waals surface area contributed by atoms with Crippen molar-refractivity contribution in [3.8, 4) is 16.9 Å². The van der Waals surface area contributed by atoms with Crippen LogP contribution in [0.3, 0.4) is 0 Å². The van der Waals surface area contributed by atoms with Gasteiger partial charge in [0, 0.05) is 24.1 Å². The maximum atomic E-state index is 12.4. The van der Waals surface area contributed by atoms with Crippen molar-refractivity contribution in [2.75, 3.05) is 11.9 Å². The molecule has 0 atom stereocenters. The highest BCUT2D eigenvalue weighted by Gasteiger charge is 2.10. The highest BCUT2D eigenvalue weighted by atomic mass is 16.5. The second-order valence-corrected chi connectivity index (χ2v) is 6.37. The zero-order valence-corrected chi connectivity index (χ0v) is 15.9. The number of carbonyl (C=O) groups excluding carboxylic acids is 2. The van der Waals surface area contributed by atoms with E-state index in [1.165, 1.54) is 0 Å². The van der Waals surface area contributed by atoms with Crippen molar-refractivity contribution in [2.24, 2.45) is 0 Å². The molecule has 0 aliphatic carbocycles. The summed E-state index contributed by atoms with van der Waals surface area (Å²) < 4.78 is 5.37. The smallest absolute Gasteiger partial charge is 0.224 e. The summed E-state index contributed by atoms with van der Waals surface area (Å²) in [5.41, 5.74) is 3.48. The summed E-state index contributed by atoms with van der Waals surface area (Å²) in [6.45, 7) is 2.52. The molecule has 0 bridgehead atoms. The maximum Gasteiger partial charge on any atom is 0.224 e. The van der Waals surface area contributed by atoms with Crippen LogP contribution in [0.15, 0.2) is 78.9 Å². The van der Waals surface area contributed by atoms with Crippen LogP contribution in [0.1, 0.15) is 30.1 Å². The molecule has 3 aromatic carbocycles. The van der Waals surface area contributed by atoms with E-state index < -0.39 is 0 Å². The molecule has 1 N–H and O–H groups in total. The molecule has 0 saturated heterocycles. The molecule has 4 heteroatoms. The fourth-order valence-corrected chi connectivity index (χ4v) is 2.88. The third-order valence-electron chi connectivity index (χ3n) is 4.34. The van der Waals surface area contributed by atoms with Gasteiger partial charge in [0.25, 0.3) is 0 Å². The Hall–Kier alpha value is -3.40. The minimum Gasteiger partial charge on any atom is -0.494 e. The average molecular weight is 373 g/mol. The van der Waals surface area contributed by atoms with Gasteiger partial charge in [-0.15, -0.1) is 0 Å². The van der Waals surface area contributed by atoms with Crippen LogP contribution in [0.2, 0.25) is 0 Å². The van der Waals surface area contributed by atoms with Gasteiger partial charge in [-0.2, -0.15) is 0 Å². The second kappa shape index (κ2) is 9.51. The number of Topliss-reactive ketones (excluding diaryl/α,β-unsaturated/α-hetero) is 1. The van der Waals surface area contributed by atoms with Crippen LogP contribution in [-0.2, 0) is 4.79 Å². The Morgan fingerprint density at radius 1 is 0.786 bits per heavy atom. The lowest BCUT2D eigenvalue weighted by atomic mass is 10.0. The van der Waals surface area contributed by atoms with Gasteiger partial charge in [-0.05, 0) is 42.3 Å². The van der Waals surface area contributed by atoms with E-state index in [9.17, 15) is 9.59 Å². The summed E-state index contributed by atoms with van der Waals surface area (Å²) in [4.78, 5) is 24.5. The number of amides is 1. The van der Waals surface area contributed by atoms with Crippen molar-refractivity contribution in [1.82, 2.24) is 0 Å². The molecule has 0 heterocycles. The summed E-state index contributed by atoms with van der Waals surface area (Å²) in [5, 5.41) is 2.80. The molecular weight excluding hydrogens is 350 g/mol. The molecule has 0 unspecified atom stereocenters. The van der Waals surface area contributed by atoms with E-state index in [1.54, 1.807) is 24.3 Å². The maximum absolute atomic E-state index is 12.4. The highest BCUT2D eigenvalue weighted by molar-refractivity contribution is 6.00. The monoisotopic (exact) mass is 373 g/mol. The number of benzene rings is 3. The average Bonchev–Trinajstić information content (AvgIpc) is 2.74. The van der Waals surface area contributed by atoms with E-state index in [0.717, 1.165) is 16.9 Å². The van der Waals surface area contributed by atoms with E-state index >= 15 is 0 Å². The Bertz CT molecular complexity index is 916. The Labute approximate surface area is 165 Å². The number of hydrogen-bond donors (Lipinski definition) is 1. The molecule has 4 nitrogen and oxygen atoms in total. The molecule has 28 heavy (non-hydrogen) atoms. The van der Waals surface area contributed by atoms with Gasteiger partial charge in [0.15, 0.2) is 5.78 Å². The Morgan fingerprint density at radius 3 is 2.07 bits per heavy atom. The van der Waals surface area contributed by atoms with Crippen LogP contribution in [0.4, 0.5) is 5.69 Å². The fraction of sp³-hybridized carbons (Fsp3) is 0.167. The standard InChI is InChI=1S/C24H23NO3/c1-2-28-22-14-12-21(13-15-22)25-24(27)17-16-23(26)20-10-8-19(9-11-20)18-6-4-3-5-7-18/h3-15H,2,16-17H2,1H3,(H,25,27). The molecule has 0 fully saturated rings. The molecule has 1 amide bonds. The molecule has 0 spiro atoms. The summed E-state index contributed by atoms with van der Waals surface area (Å²) in [5.74, 6) is 0.537. The van der Waals surface area contributed by atoms with Crippen LogP contribution in [-0.4, -0.2) is 18.3 Å². The first-order valence-corrected chi connectivity index (χ1v) is 9.37. The summed E-state index contributed by atoms with van der Waals surface area (Å²) in [7, 11) is 0. The number of hydrogen-bond acceptors (Lipinski definition) is 3. The first-order chi connectivity index (χ1) is 13.7. The number of ether oxygens (including phenoxy) is 1. The second-order valence-electron chi connectivity index (χ2n) is 6.37. The molecule has 0 saturated carbocycles. The van der Waals surface area contributed by atoms with Crippen LogP contribution in [0, 0.1) is 0 Å². The Morgan fingerprint density at radius 2 is 1.43 bits per heavy atom. The number of carbonyl (C=O) groups is 2. The third-order valence-corrected chi connectivity index (χ3v) is 4.34. The summed E-state index contributed by atoms with van der Waals surface area (Å²) in [6.07, 6.45) is 0.319. The van der Waals surface area contributed by atoms with Crippen LogP contribution in [0.5, 0.6) is 5.75 Å². The van der Waals surface area contributed by atoms with Crippen molar-refractivity contribution < 1.29 is 14.3 Å². The normalized spacial score (nSPS) is 10.3. The van der Waals surface area contributed by atoms with Gasteiger partial charge in [0.2, 0.25) is 5.91 Å². The number of anilines is 1. The predicted octanol–water partition coefficient (Wildman–Crippen LogP) is 5.35. The van der Waals surface area contributed by atoms with E-state index in [2.05, 4.69) is 5.32 Å². The van der Waals surface area contributed by atoms with E-state index in [4.69, 9.17) is 4.74 Å². The number of nitrogens with one attached hydrogen (secondary N) is 1. The van der Waals surface area contributed by atoms with Crippen molar-refractivity contribution in [3.05, 3.63) is 84.4 Å². The van der Waals surface area contributed by atoms with E-state index in [1.807, 2.05) is 61.5 Å². The molecule has 142 valence electrons. The zero-order chi connectivity index (χ0) is 19.8. The van der Waals surface area contributed by atoms with Crippen molar-refractivity contribution in [2.45, 2.75) is 19.8 Å². The molecule has 3 aromatic rings. The number of rotatable bonds is 8. The lowest BCUT2D eigenvalue weighted by Crippen LogP contribution is -2.13. The number of ketones is 1. The van der Waals surface area contributed by atoms with Gasteiger partial charge in [-0.1, -0.05) is 54.6 Å². The lowest BCUT2D eigenvalue weighted by molar-refractivity contribution is -0.116. The van der Waals surface area contributed by atoms with Crippen molar-refractivity contribution >= 4 is 17.4 Å². The molecule has 0 aromatic heterocycles. The summed E-state index contributed by atoms with van der Waals surface area (Å²) in [6, 6.07) is 24.7. The molecule has 0 aliphatic rings. The van der Waals surface area contributed by atoms with Crippen molar-refractivity contribution in [3.63, 3.8) is 0 Å². The quantitative estimate of drug-likeness (QED) is 0.541. The van der Waals surface area contributed by atoms with E-state index in [-0.39, 0.29) is 24.5 Å². The van der Waals surface area contributed by atoms with E-state index in [0.29, 0.717) is 17.9 Å².